The highest BCUT2D eigenvalue weighted by Gasteiger charge is 2.47. The Hall–Kier alpha value is -2.88. The van der Waals surface area contributed by atoms with E-state index in [1.54, 1.807) is 23.6 Å². The van der Waals surface area contributed by atoms with Crippen molar-refractivity contribution in [3.8, 4) is 17.0 Å². The Morgan fingerprint density at radius 2 is 1.87 bits per heavy atom. The number of rotatable bonds is 7. The van der Waals surface area contributed by atoms with Crippen LogP contribution in [0.1, 0.15) is 32.1 Å². The molecule has 1 N–H and O–H groups in total. The number of ether oxygens (including phenoxy) is 1. The number of halogens is 2. The highest BCUT2D eigenvalue weighted by Crippen LogP contribution is 2.38. The van der Waals surface area contributed by atoms with E-state index >= 15 is 0 Å². The van der Waals surface area contributed by atoms with Gasteiger partial charge < -0.3 is 10.1 Å². The third kappa shape index (κ3) is 4.58. The van der Waals surface area contributed by atoms with Crippen molar-refractivity contribution in [3.05, 3.63) is 29.6 Å². The Bertz CT molecular complexity index is 973. The normalized spacial score (nSPS) is 20.8. The fraction of sp³-hybridized carbons (Fsp3) is 0.429. The van der Waals surface area contributed by atoms with Crippen LogP contribution in [-0.4, -0.2) is 40.8 Å². The molecule has 1 saturated carbocycles. The van der Waals surface area contributed by atoms with E-state index in [0.29, 0.717) is 16.4 Å². The largest absolute Gasteiger partial charge is 0.434 e. The van der Waals surface area contributed by atoms with E-state index in [0.717, 1.165) is 37.0 Å². The minimum atomic E-state index is -2.96. The lowest BCUT2D eigenvalue weighted by Crippen LogP contribution is -2.34. The maximum Gasteiger partial charge on any atom is 0.387 e. The van der Waals surface area contributed by atoms with Gasteiger partial charge in [-0.3, -0.25) is 19.3 Å². The number of amides is 3. The van der Waals surface area contributed by atoms with Crippen molar-refractivity contribution in [1.29, 1.82) is 0 Å². The lowest BCUT2D eigenvalue weighted by atomic mass is 9.81. The molecule has 164 valence electrons. The number of imide groups is 1. The maximum atomic E-state index is 12.6. The molecule has 10 heteroatoms. The lowest BCUT2D eigenvalue weighted by Gasteiger charge is -2.19. The van der Waals surface area contributed by atoms with Crippen LogP contribution in [0.15, 0.2) is 29.6 Å². The Morgan fingerprint density at radius 1 is 1.19 bits per heavy atom. The summed E-state index contributed by atoms with van der Waals surface area (Å²) in [6.45, 7) is -2.92. The van der Waals surface area contributed by atoms with Gasteiger partial charge in [-0.05, 0) is 25.0 Å². The van der Waals surface area contributed by atoms with Gasteiger partial charge in [0.15, 0.2) is 5.13 Å². The summed E-state index contributed by atoms with van der Waals surface area (Å²) in [7, 11) is 0. The molecule has 3 amide bonds. The molecule has 1 aromatic carbocycles. The molecule has 1 aliphatic carbocycles. The van der Waals surface area contributed by atoms with Gasteiger partial charge >= 0.3 is 6.61 Å². The molecule has 2 aliphatic rings. The second-order valence-electron chi connectivity index (χ2n) is 7.54. The summed E-state index contributed by atoms with van der Waals surface area (Å²) in [6, 6.07) is 6.27. The molecule has 1 saturated heterocycles. The van der Waals surface area contributed by atoms with Crippen LogP contribution in [0.5, 0.6) is 5.75 Å². The topological polar surface area (TPSA) is 88.6 Å². The fourth-order valence-electron chi connectivity index (χ4n) is 4.18. The first kappa shape index (κ1) is 21.4. The average molecular weight is 449 g/mol. The standard InChI is InChI=1S/C21H21F2N3O4S/c22-20(23)30-16-8-4-3-7-14(16)15-11-31-21(24-15)25-17(27)9-10-26-18(28)12-5-1-2-6-13(12)19(26)29/h3-4,7-8,11-13,20H,1-2,5-6,9-10H2,(H,24,25,27). The molecule has 7 nitrogen and oxygen atoms in total. The zero-order chi connectivity index (χ0) is 22.0. The van der Waals surface area contributed by atoms with E-state index in [-0.39, 0.29) is 48.3 Å². The minimum Gasteiger partial charge on any atom is -0.434 e. The van der Waals surface area contributed by atoms with Crippen LogP contribution < -0.4 is 10.1 Å². The number of para-hydroxylation sites is 1. The van der Waals surface area contributed by atoms with Crippen LogP contribution in [0.25, 0.3) is 11.3 Å². The van der Waals surface area contributed by atoms with Crippen molar-refractivity contribution >= 4 is 34.2 Å². The van der Waals surface area contributed by atoms with E-state index in [4.69, 9.17) is 0 Å². The predicted molar refractivity (Wildman–Crippen MR) is 110 cm³/mol. The number of thiazole rings is 1. The number of hydrogen-bond acceptors (Lipinski definition) is 6. The summed E-state index contributed by atoms with van der Waals surface area (Å²) >= 11 is 1.14. The third-order valence-corrected chi connectivity index (χ3v) is 6.38. The smallest absolute Gasteiger partial charge is 0.387 e. The Balaban J connectivity index is 1.36. The molecule has 1 aliphatic heterocycles. The summed E-state index contributed by atoms with van der Waals surface area (Å²) in [5.41, 5.74) is 0.779. The van der Waals surface area contributed by atoms with E-state index in [9.17, 15) is 23.2 Å². The van der Waals surface area contributed by atoms with Crippen molar-refractivity contribution in [2.45, 2.75) is 38.7 Å². The summed E-state index contributed by atoms with van der Waals surface area (Å²) in [5.74, 6) is -1.20. The van der Waals surface area contributed by atoms with Crippen LogP contribution in [0.2, 0.25) is 0 Å². The number of carbonyl (C=O) groups excluding carboxylic acids is 3. The van der Waals surface area contributed by atoms with Gasteiger partial charge in [0.25, 0.3) is 0 Å². The van der Waals surface area contributed by atoms with E-state index in [1.165, 1.54) is 11.0 Å². The number of nitrogens with zero attached hydrogens (tertiary/aromatic N) is 2. The fourth-order valence-corrected chi connectivity index (χ4v) is 4.91. The molecule has 0 bridgehead atoms. The van der Waals surface area contributed by atoms with Gasteiger partial charge in [-0.1, -0.05) is 25.0 Å². The Labute approximate surface area is 181 Å². The number of anilines is 1. The lowest BCUT2D eigenvalue weighted by molar-refractivity contribution is -0.140. The average Bonchev–Trinajstić information content (AvgIpc) is 3.30. The summed E-state index contributed by atoms with van der Waals surface area (Å²) < 4.78 is 29.7. The van der Waals surface area contributed by atoms with Gasteiger partial charge in [-0.2, -0.15) is 8.78 Å². The maximum absolute atomic E-state index is 12.6. The molecule has 2 aromatic rings. The molecule has 2 heterocycles. The van der Waals surface area contributed by atoms with Crippen LogP contribution >= 0.6 is 11.3 Å². The first-order valence-electron chi connectivity index (χ1n) is 10.1. The van der Waals surface area contributed by atoms with Crippen molar-refractivity contribution in [1.82, 2.24) is 9.88 Å². The Morgan fingerprint density at radius 3 is 2.55 bits per heavy atom. The van der Waals surface area contributed by atoms with E-state index < -0.39 is 6.61 Å². The van der Waals surface area contributed by atoms with Crippen LogP contribution in [0.4, 0.5) is 13.9 Å². The highest BCUT2D eigenvalue weighted by molar-refractivity contribution is 7.14. The van der Waals surface area contributed by atoms with Gasteiger partial charge in [-0.25, -0.2) is 4.98 Å². The zero-order valence-corrected chi connectivity index (χ0v) is 17.4. The minimum absolute atomic E-state index is 0.00629. The number of alkyl halides is 2. The molecular weight excluding hydrogens is 428 g/mol. The predicted octanol–water partition coefficient (Wildman–Crippen LogP) is 3.92. The molecule has 2 fully saturated rings. The molecule has 0 radical (unpaired) electrons. The second-order valence-corrected chi connectivity index (χ2v) is 8.39. The van der Waals surface area contributed by atoms with Crippen molar-refractivity contribution < 1.29 is 27.9 Å². The van der Waals surface area contributed by atoms with Gasteiger partial charge in [0.1, 0.15) is 5.75 Å². The third-order valence-electron chi connectivity index (χ3n) is 5.62. The number of aromatic nitrogens is 1. The summed E-state index contributed by atoms with van der Waals surface area (Å²) in [5, 5.41) is 4.56. The summed E-state index contributed by atoms with van der Waals surface area (Å²) in [4.78, 5) is 42.8. The van der Waals surface area contributed by atoms with Crippen LogP contribution in [0, 0.1) is 11.8 Å². The SMILES string of the molecule is O=C(CCN1C(=O)C2CCCCC2C1=O)Nc1nc(-c2ccccc2OC(F)F)cs1. The first-order chi connectivity index (χ1) is 14.9. The van der Waals surface area contributed by atoms with E-state index in [1.807, 2.05) is 0 Å². The second kappa shape index (κ2) is 9.09. The number of benzene rings is 1. The van der Waals surface area contributed by atoms with Gasteiger partial charge in [-0.15, -0.1) is 11.3 Å². The summed E-state index contributed by atoms with van der Waals surface area (Å²) in [6.07, 6.45) is 3.34. The molecule has 2 unspecified atom stereocenters. The molecule has 1 aromatic heterocycles. The van der Waals surface area contributed by atoms with Crippen LogP contribution in [-0.2, 0) is 14.4 Å². The van der Waals surface area contributed by atoms with Gasteiger partial charge in [0, 0.05) is 23.9 Å². The molecule has 31 heavy (non-hydrogen) atoms. The Kier molecular flexibility index (Phi) is 6.26. The number of likely N-dealkylation sites (tertiary alicyclic amines) is 1. The highest BCUT2D eigenvalue weighted by atomic mass is 32.1. The van der Waals surface area contributed by atoms with Gasteiger partial charge in [0.2, 0.25) is 17.7 Å². The zero-order valence-electron chi connectivity index (χ0n) is 16.6. The van der Waals surface area contributed by atoms with Crippen molar-refractivity contribution in [2.75, 3.05) is 11.9 Å². The molecule has 4 rings (SSSR count). The number of hydrogen-bond donors (Lipinski definition) is 1. The van der Waals surface area contributed by atoms with Crippen molar-refractivity contribution in [3.63, 3.8) is 0 Å². The number of fused-ring (bicyclic) bond motifs is 1. The quantitative estimate of drug-likeness (QED) is 0.648. The van der Waals surface area contributed by atoms with Crippen molar-refractivity contribution in [2.24, 2.45) is 11.8 Å². The number of nitrogens with one attached hydrogen (secondary N) is 1. The van der Waals surface area contributed by atoms with E-state index in [2.05, 4.69) is 15.0 Å². The molecular formula is C21H21F2N3O4S. The van der Waals surface area contributed by atoms with Crippen LogP contribution in [0.3, 0.4) is 0 Å². The number of carbonyl (C=O) groups is 3. The molecule has 0 spiro atoms. The van der Waals surface area contributed by atoms with Gasteiger partial charge in [0.05, 0.1) is 17.5 Å². The monoisotopic (exact) mass is 449 g/mol. The first-order valence-corrected chi connectivity index (χ1v) is 11.0. The molecule has 2 atom stereocenters.